The number of rotatable bonds is 2. The normalized spacial score (nSPS) is 19.5. The van der Waals surface area contributed by atoms with Gasteiger partial charge in [-0.2, -0.15) is 13.2 Å². The smallest absolute Gasteiger partial charge is 0.422 e. The molecule has 2 rings (SSSR count). The Balaban J connectivity index is 2.29. The Kier molecular flexibility index (Phi) is 3.47. The van der Waals surface area contributed by atoms with Crippen LogP contribution in [-0.2, 0) is 6.42 Å². The maximum Gasteiger partial charge on any atom is 0.422 e. The van der Waals surface area contributed by atoms with E-state index >= 15 is 0 Å². The molecular weight excluding hydrogens is 247 g/mol. The highest BCUT2D eigenvalue weighted by Crippen LogP contribution is 2.35. The first kappa shape index (κ1) is 13.1. The molecule has 1 N–H and O–H groups in total. The molecule has 0 bridgehead atoms. The summed E-state index contributed by atoms with van der Waals surface area (Å²) in [4.78, 5) is 4.19. The first-order chi connectivity index (χ1) is 8.37. The SMILES string of the molecule is Cc1cc(OCC(F)(F)F)c2c(n1)C(O)CCC2. The molecule has 6 heteroatoms. The van der Waals surface area contributed by atoms with Crippen molar-refractivity contribution in [2.24, 2.45) is 0 Å². The lowest BCUT2D eigenvalue weighted by molar-refractivity contribution is -0.153. The summed E-state index contributed by atoms with van der Waals surface area (Å²) in [6.07, 6.45) is -3.17. The van der Waals surface area contributed by atoms with Crippen molar-refractivity contribution in [3.05, 3.63) is 23.0 Å². The standard InChI is InChI=1S/C12H14F3NO2/c1-7-5-10(18-6-12(13,14)15)8-3-2-4-9(17)11(8)16-7/h5,9,17H,2-4,6H2,1H3. The second-order valence-corrected chi connectivity index (χ2v) is 4.44. The predicted molar refractivity (Wildman–Crippen MR) is 58.4 cm³/mol. The number of fused-ring (bicyclic) bond motifs is 1. The molecule has 0 amide bonds. The van der Waals surface area contributed by atoms with Crippen LogP contribution in [0.4, 0.5) is 13.2 Å². The molecule has 1 atom stereocenters. The molecule has 1 heterocycles. The van der Waals surface area contributed by atoms with Crippen LogP contribution in [0.15, 0.2) is 6.07 Å². The second kappa shape index (κ2) is 4.76. The maximum absolute atomic E-state index is 12.2. The number of alkyl halides is 3. The molecule has 0 saturated carbocycles. The number of ether oxygens (including phenoxy) is 1. The zero-order chi connectivity index (χ0) is 13.3. The quantitative estimate of drug-likeness (QED) is 0.890. The van der Waals surface area contributed by atoms with Crippen molar-refractivity contribution in [2.75, 3.05) is 6.61 Å². The van der Waals surface area contributed by atoms with Gasteiger partial charge in [0, 0.05) is 17.3 Å². The Labute approximate surface area is 103 Å². The molecule has 1 aliphatic carbocycles. The van der Waals surface area contributed by atoms with Crippen LogP contribution >= 0.6 is 0 Å². The van der Waals surface area contributed by atoms with Gasteiger partial charge in [-0.15, -0.1) is 0 Å². The lowest BCUT2D eigenvalue weighted by Crippen LogP contribution is -2.21. The first-order valence-electron chi connectivity index (χ1n) is 5.75. The lowest BCUT2D eigenvalue weighted by Gasteiger charge is -2.23. The number of pyridine rings is 1. The van der Waals surface area contributed by atoms with E-state index < -0.39 is 18.9 Å². The average Bonchev–Trinajstić information content (AvgIpc) is 2.26. The third-order valence-electron chi connectivity index (χ3n) is 2.85. The van der Waals surface area contributed by atoms with Crippen LogP contribution in [0.5, 0.6) is 5.75 Å². The summed E-state index contributed by atoms with van der Waals surface area (Å²) in [7, 11) is 0. The number of hydrogen-bond donors (Lipinski definition) is 1. The summed E-state index contributed by atoms with van der Waals surface area (Å²) in [5.74, 6) is 0.188. The molecule has 18 heavy (non-hydrogen) atoms. The molecule has 1 aromatic heterocycles. The van der Waals surface area contributed by atoms with E-state index in [2.05, 4.69) is 4.98 Å². The zero-order valence-corrected chi connectivity index (χ0v) is 9.92. The van der Waals surface area contributed by atoms with E-state index in [4.69, 9.17) is 4.74 Å². The molecule has 0 aliphatic heterocycles. The van der Waals surface area contributed by atoms with E-state index in [9.17, 15) is 18.3 Å². The summed E-state index contributed by atoms with van der Waals surface area (Å²) in [5.41, 5.74) is 1.61. The first-order valence-corrected chi connectivity index (χ1v) is 5.75. The van der Waals surface area contributed by atoms with Crippen LogP contribution < -0.4 is 4.74 Å². The number of aliphatic hydroxyl groups excluding tert-OH is 1. The van der Waals surface area contributed by atoms with Gasteiger partial charge in [-0.25, -0.2) is 0 Å². The molecule has 0 radical (unpaired) electrons. The minimum absolute atomic E-state index is 0.188. The zero-order valence-electron chi connectivity index (χ0n) is 9.92. The van der Waals surface area contributed by atoms with Crippen molar-refractivity contribution < 1.29 is 23.0 Å². The predicted octanol–water partition coefficient (Wildman–Crippen LogP) is 2.70. The van der Waals surface area contributed by atoms with Crippen molar-refractivity contribution in [3.63, 3.8) is 0 Å². The fourth-order valence-electron chi connectivity index (χ4n) is 2.12. The molecule has 0 aromatic carbocycles. The van der Waals surface area contributed by atoms with Gasteiger partial charge < -0.3 is 9.84 Å². The van der Waals surface area contributed by atoms with Crippen molar-refractivity contribution in [1.29, 1.82) is 0 Å². The van der Waals surface area contributed by atoms with E-state index in [1.165, 1.54) is 6.07 Å². The molecule has 0 spiro atoms. The lowest BCUT2D eigenvalue weighted by atomic mass is 9.92. The number of aryl methyl sites for hydroxylation is 1. The van der Waals surface area contributed by atoms with Crippen LogP contribution in [0.25, 0.3) is 0 Å². The fraction of sp³-hybridized carbons (Fsp3) is 0.583. The van der Waals surface area contributed by atoms with Crippen molar-refractivity contribution >= 4 is 0 Å². The van der Waals surface area contributed by atoms with Crippen molar-refractivity contribution in [3.8, 4) is 5.75 Å². The number of halogens is 3. The van der Waals surface area contributed by atoms with Crippen molar-refractivity contribution in [1.82, 2.24) is 4.98 Å². The van der Waals surface area contributed by atoms with Gasteiger partial charge >= 0.3 is 6.18 Å². The van der Waals surface area contributed by atoms with Gasteiger partial charge in [0.15, 0.2) is 6.61 Å². The van der Waals surface area contributed by atoms with E-state index in [1.54, 1.807) is 6.92 Å². The number of aliphatic hydroxyl groups is 1. The summed E-state index contributed by atoms with van der Waals surface area (Å²) >= 11 is 0. The average molecular weight is 261 g/mol. The number of hydrogen-bond acceptors (Lipinski definition) is 3. The fourth-order valence-corrected chi connectivity index (χ4v) is 2.12. The number of nitrogens with zero attached hydrogens (tertiary/aromatic N) is 1. The molecule has 3 nitrogen and oxygen atoms in total. The Morgan fingerprint density at radius 2 is 2.22 bits per heavy atom. The van der Waals surface area contributed by atoms with Crippen LogP contribution in [0, 0.1) is 6.92 Å². The van der Waals surface area contributed by atoms with Gasteiger partial charge in [0.05, 0.1) is 11.8 Å². The van der Waals surface area contributed by atoms with Gasteiger partial charge in [0.1, 0.15) is 5.75 Å². The third-order valence-corrected chi connectivity index (χ3v) is 2.85. The van der Waals surface area contributed by atoms with Crippen LogP contribution in [0.2, 0.25) is 0 Å². The Morgan fingerprint density at radius 3 is 2.89 bits per heavy atom. The van der Waals surface area contributed by atoms with Gasteiger partial charge in [0.25, 0.3) is 0 Å². The van der Waals surface area contributed by atoms with Crippen LogP contribution in [0.1, 0.15) is 35.9 Å². The molecule has 1 aliphatic rings. The van der Waals surface area contributed by atoms with E-state index in [0.717, 1.165) is 6.42 Å². The second-order valence-electron chi connectivity index (χ2n) is 4.44. The van der Waals surface area contributed by atoms with Gasteiger partial charge in [-0.1, -0.05) is 0 Å². The Bertz CT molecular complexity index is 446. The topological polar surface area (TPSA) is 42.4 Å². The van der Waals surface area contributed by atoms with E-state index in [-0.39, 0.29) is 5.75 Å². The van der Waals surface area contributed by atoms with E-state index in [1.807, 2.05) is 0 Å². The summed E-state index contributed by atoms with van der Waals surface area (Å²) < 4.78 is 41.3. The highest BCUT2D eigenvalue weighted by Gasteiger charge is 2.30. The third kappa shape index (κ3) is 2.93. The Morgan fingerprint density at radius 1 is 1.50 bits per heavy atom. The Hall–Kier alpha value is -1.30. The molecule has 1 unspecified atom stereocenters. The number of aromatic nitrogens is 1. The minimum atomic E-state index is -4.36. The minimum Gasteiger partial charge on any atom is -0.484 e. The van der Waals surface area contributed by atoms with Crippen molar-refractivity contribution in [2.45, 2.75) is 38.5 Å². The molecule has 0 fully saturated rings. The summed E-state index contributed by atoms with van der Waals surface area (Å²) in [6, 6.07) is 1.49. The van der Waals surface area contributed by atoms with Crippen LogP contribution in [0.3, 0.4) is 0 Å². The van der Waals surface area contributed by atoms with Gasteiger partial charge in [0.2, 0.25) is 0 Å². The summed E-state index contributed by atoms with van der Waals surface area (Å²) in [6.45, 7) is 0.348. The highest BCUT2D eigenvalue weighted by atomic mass is 19.4. The molecular formula is C12H14F3NO2. The molecule has 0 saturated heterocycles. The maximum atomic E-state index is 12.2. The van der Waals surface area contributed by atoms with Gasteiger partial charge in [-0.3, -0.25) is 4.98 Å². The largest absolute Gasteiger partial charge is 0.484 e. The van der Waals surface area contributed by atoms with Crippen LogP contribution in [-0.4, -0.2) is 22.9 Å². The monoisotopic (exact) mass is 261 g/mol. The van der Waals surface area contributed by atoms with E-state index in [0.29, 0.717) is 29.8 Å². The molecule has 1 aromatic rings. The highest BCUT2D eigenvalue weighted by molar-refractivity contribution is 5.40. The molecule has 100 valence electrons. The summed E-state index contributed by atoms with van der Waals surface area (Å²) in [5, 5.41) is 9.80. The van der Waals surface area contributed by atoms with Gasteiger partial charge in [-0.05, 0) is 26.2 Å².